The molecule has 0 rings (SSSR count). The Morgan fingerprint density at radius 1 is 1.54 bits per heavy atom. The summed E-state index contributed by atoms with van der Waals surface area (Å²) in [4.78, 5) is 9.64. The summed E-state index contributed by atoms with van der Waals surface area (Å²) < 4.78 is 11.7. The minimum Gasteiger partial charge on any atom is -0.343 e. The third-order valence-corrected chi connectivity index (χ3v) is 5.37. The van der Waals surface area contributed by atoms with E-state index in [9.17, 15) is 9.46 Å². The summed E-state index contributed by atoms with van der Waals surface area (Å²) in [5.41, 5.74) is 5.66. The van der Waals surface area contributed by atoms with Gasteiger partial charge >= 0.3 is 0 Å². The van der Waals surface area contributed by atoms with Crippen molar-refractivity contribution in [3.63, 3.8) is 0 Å². The molecule has 0 radical (unpaired) electrons. The van der Waals surface area contributed by atoms with Gasteiger partial charge in [0.15, 0.2) is 0 Å². The van der Waals surface area contributed by atoms with Crippen LogP contribution >= 0.6 is 20.0 Å². The first-order chi connectivity index (χ1) is 5.81. The number of rotatable bonds is 5. The van der Waals surface area contributed by atoms with Gasteiger partial charge in [-0.05, 0) is 12.3 Å². The van der Waals surface area contributed by atoms with Crippen LogP contribution < -0.4 is 5.73 Å². The Kier molecular flexibility index (Phi) is 5.61. The van der Waals surface area contributed by atoms with E-state index in [1.165, 1.54) is 0 Å². The molecule has 0 saturated carbocycles. The first kappa shape index (κ1) is 13.5. The molecule has 3 unspecified atom stereocenters. The highest BCUT2D eigenvalue weighted by Crippen LogP contribution is 2.48. The predicted octanol–water partition coefficient (Wildman–Crippen LogP) is 1.91. The summed E-state index contributed by atoms with van der Waals surface area (Å²) in [7, 11) is -3.21. The Hall–Kier alpha value is 0.500. The normalized spacial score (nSPS) is 21.2. The lowest BCUT2D eigenvalue weighted by atomic mass is 10.3. The zero-order chi connectivity index (χ0) is 10.6. The fraction of sp³-hybridized carbons (Fsp3) is 1.00. The van der Waals surface area contributed by atoms with Crippen molar-refractivity contribution < 1.29 is 9.46 Å². The maximum atomic E-state index is 11.7. The third kappa shape index (κ3) is 4.50. The summed E-state index contributed by atoms with van der Waals surface area (Å²) in [5, 5.41) is -0.186. The van der Waals surface area contributed by atoms with E-state index in [0.717, 1.165) is 0 Å². The van der Waals surface area contributed by atoms with E-state index in [2.05, 4.69) is 12.6 Å². The lowest BCUT2D eigenvalue weighted by Gasteiger charge is -2.24. The maximum absolute atomic E-state index is 11.7. The SMILES string of the molecule is CCC(S)C(N)P(=O)(O)CC(C)C. The van der Waals surface area contributed by atoms with E-state index in [0.29, 0.717) is 6.42 Å². The minimum absolute atomic E-state index is 0.186. The fourth-order valence-corrected chi connectivity index (χ4v) is 3.82. The average molecular weight is 225 g/mol. The minimum atomic E-state index is -3.21. The molecule has 3 nitrogen and oxygen atoms in total. The Bertz CT molecular complexity index is 199. The van der Waals surface area contributed by atoms with Crippen LogP contribution in [0.4, 0.5) is 0 Å². The van der Waals surface area contributed by atoms with Gasteiger partial charge < -0.3 is 10.6 Å². The molecule has 0 fully saturated rings. The molecule has 0 aliphatic heterocycles. The summed E-state index contributed by atoms with van der Waals surface area (Å²) >= 11 is 4.18. The Balaban J connectivity index is 4.35. The first-order valence-electron chi connectivity index (χ1n) is 4.56. The van der Waals surface area contributed by atoms with E-state index in [1.807, 2.05) is 20.8 Å². The van der Waals surface area contributed by atoms with Crippen molar-refractivity contribution in [2.75, 3.05) is 6.16 Å². The van der Waals surface area contributed by atoms with Crippen LogP contribution in [0.1, 0.15) is 27.2 Å². The highest BCUT2D eigenvalue weighted by molar-refractivity contribution is 7.81. The number of hydrogen-bond acceptors (Lipinski definition) is 3. The van der Waals surface area contributed by atoms with Crippen LogP contribution in [-0.4, -0.2) is 22.1 Å². The van der Waals surface area contributed by atoms with Crippen LogP contribution in [0.5, 0.6) is 0 Å². The molecular weight excluding hydrogens is 205 g/mol. The van der Waals surface area contributed by atoms with Gasteiger partial charge in [-0.25, -0.2) is 0 Å². The summed E-state index contributed by atoms with van der Waals surface area (Å²) in [6.07, 6.45) is 0.998. The van der Waals surface area contributed by atoms with Crippen molar-refractivity contribution in [2.45, 2.75) is 38.2 Å². The quantitative estimate of drug-likeness (QED) is 0.494. The number of hydrogen-bond donors (Lipinski definition) is 3. The van der Waals surface area contributed by atoms with Crippen LogP contribution in [0.2, 0.25) is 0 Å². The van der Waals surface area contributed by atoms with Crippen LogP contribution in [-0.2, 0) is 4.57 Å². The summed E-state index contributed by atoms with van der Waals surface area (Å²) in [6, 6.07) is 0. The van der Waals surface area contributed by atoms with Crippen LogP contribution in [0.15, 0.2) is 0 Å². The smallest absolute Gasteiger partial charge is 0.218 e. The van der Waals surface area contributed by atoms with Gasteiger partial charge in [0, 0.05) is 11.4 Å². The monoisotopic (exact) mass is 225 g/mol. The van der Waals surface area contributed by atoms with Gasteiger partial charge in [0.1, 0.15) is 0 Å². The molecule has 0 amide bonds. The average Bonchev–Trinajstić information content (AvgIpc) is 1.99. The van der Waals surface area contributed by atoms with Gasteiger partial charge in [-0.15, -0.1) is 0 Å². The molecule has 0 spiro atoms. The first-order valence-corrected chi connectivity index (χ1v) is 6.99. The summed E-state index contributed by atoms with van der Waals surface area (Å²) in [6.45, 7) is 5.73. The molecule has 0 heterocycles. The van der Waals surface area contributed by atoms with Gasteiger partial charge in [-0.2, -0.15) is 12.6 Å². The molecule has 0 aromatic rings. The Morgan fingerprint density at radius 2 is 2.00 bits per heavy atom. The second-order valence-corrected chi connectivity index (χ2v) is 6.93. The molecule has 0 aromatic heterocycles. The van der Waals surface area contributed by atoms with Gasteiger partial charge in [0.25, 0.3) is 0 Å². The largest absolute Gasteiger partial charge is 0.343 e. The van der Waals surface area contributed by atoms with Gasteiger partial charge in [0.05, 0.1) is 5.78 Å². The fourth-order valence-electron chi connectivity index (χ4n) is 1.16. The molecule has 0 aliphatic rings. The zero-order valence-electron chi connectivity index (χ0n) is 8.47. The van der Waals surface area contributed by atoms with Crippen LogP contribution in [0, 0.1) is 5.92 Å². The van der Waals surface area contributed by atoms with Crippen LogP contribution in [0.3, 0.4) is 0 Å². The second kappa shape index (κ2) is 5.40. The van der Waals surface area contributed by atoms with Crippen molar-refractivity contribution in [3.8, 4) is 0 Å². The van der Waals surface area contributed by atoms with Crippen molar-refractivity contribution in [1.29, 1.82) is 0 Å². The molecular formula is C8H20NO2PS. The molecule has 3 atom stereocenters. The molecule has 80 valence electrons. The topological polar surface area (TPSA) is 63.3 Å². The zero-order valence-corrected chi connectivity index (χ0v) is 10.3. The molecule has 0 bridgehead atoms. The standard InChI is InChI=1S/C8H20NO2PS/c1-4-7(13)8(9)12(10,11)5-6(2)3/h6-8,13H,4-5,9H2,1-3H3,(H,10,11). The van der Waals surface area contributed by atoms with E-state index < -0.39 is 13.2 Å². The molecule has 5 heteroatoms. The lowest BCUT2D eigenvalue weighted by Crippen LogP contribution is -2.32. The molecule has 0 saturated heterocycles. The van der Waals surface area contributed by atoms with Crippen molar-refractivity contribution >= 4 is 20.0 Å². The van der Waals surface area contributed by atoms with E-state index in [-0.39, 0.29) is 17.3 Å². The van der Waals surface area contributed by atoms with Gasteiger partial charge in [-0.3, -0.25) is 4.57 Å². The van der Waals surface area contributed by atoms with Crippen molar-refractivity contribution in [2.24, 2.45) is 11.7 Å². The number of nitrogens with two attached hydrogens (primary N) is 1. The van der Waals surface area contributed by atoms with E-state index >= 15 is 0 Å². The van der Waals surface area contributed by atoms with Gasteiger partial charge in [0.2, 0.25) is 7.37 Å². The van der Waals surface area contributed by atoms with Crippen molar-refractivity contribution in [3.05, 3.63) is 0 Å². The Labute approximate surface area is 86.0 Å². The molecule has 3 N–H and O–H groups in total. The highest BCUT2D eigenvalue weighted by atomic mass is 32.1. The van der Waals surface area contributed by atoms with E-state index in [1.54, 1.807) is 0 Å². The van der Waals surface area contributed by atoms with E-state index in [4.69, 9.17) is 5.73 Å². The molecule has 0 aromatic carbocycles. The predicted molar refractivity (Wildman–Crippen MR) is 60.6 cm³/mol. The maximum Gasteiger partial charge on any atom is 0.218 e. The number of thiol groups is 1. The second-order valence-electron chi connectivity index (χ2n) is 3.80. The third-order valence-electron chi connectivity index (χ3n) is 1.91. The molecule has 13 heavy (non-hydrogen) atoms. The highest BCUT2D eigenvalue weighted by Gasteiger charge is 2.32. The van der Waals surface area contributed by atoms with Crippen molar-refractivity contribution in [1.82, 2.24) is 0 Å². The Morgan fingerprint density at radius 3 is 2.31 bits per heavy atom. The molecule has 0 aliphatic carbocycles. The van der Waals surface area contributed by atoms with Gasteiger partial charge in [-0.1, -0.05) is 20.8 Å². The lowest BCUT2D eigenvalue weighted by molar-refractivity contribution is 0.450. The summed E-state index contributed by atoms with van der Waals surface area (Å²) in [5.74, 6) is -0.498. The van der Waals surface area contributed by atoms with Crippen LogP contribution in [0.25, 0.3) is 0 Å².